The highest BCUT2D eigenvalue weighted by Crippen LogP contribution is 2.23. The Morgan fingerprint density at radius 3 is 3.06 bits per heavy atom. The highest BCUT2D eigenvalue weighted by atomic mass is 32.1. The van der Waals surface area contributed by atoms with E-state index in [9.17, 15) is 0 Å². The molecular weight excluding hydrogens is 220 g/mol. The molecule has 86 valence electrons. The first-order valence-electron chi connectivity index (χ1n) is 5.95. The van der Waals surface area contributed by atoms with E-state index in [1.807, 2.05) is 12.4 Å². The Hall–Kier alpha value is -0.870. The molecule has 0 atom stereocenters. The second-order valence-corrected chi connectivity index (χ2v) is 5.48. The minimum Gasteiger partial charge on any atom is -0.373 e. The lowest BCUT2D eigenvalue weighted by atomic mass is 9.98. The van der Waals surface area contributed by atoms with Gasteiger partial charge in [0.05, 0.1) is 17.6 Å². The summed E-state index contributed by atoms with van der Waals surface area (Å²) in [6, 6.07) is 0. The first-order chi connectivity index (χ1) is 7.92. The van der Waals surface area contributed by atoms with Crippen molar-refractivity contribution in [1.82, 2.24) is 9.38 Å². The van der Waals surface area contributed by atoms with E-state index in [1.54, 1.807) is 11.3 Å². The van der Waals surface area contributed by atoms with Crippen molar-refractivity contribution in [2.45, 2.75) is 44.8 Å². The quantitative estimate of drug-likeness (QED) is 0.817. The zero-order valence-electron chi connectivity index (χ0n) is 9.26. The zero-order chi connectivity index (χ0) is 10.8. The highest BCUT2D eigenvalue weighted by molar-refractivity contribution is 7.17. The molecule has 0 N–H and O–H groups in total. The van der Waals surface area contributed by atoms with Gasteiger partial charge in [0.15, 0.2) is 4.96 Å². The summed E-state index contributed by atoms with van der Waals surface area (Å²) in [4.78, 5) is 6.59. The maximum atomic E-state index is 5.94. The molecular formula is C12H16N2OS. The molecule has 0 unspecified atom stereocenters. The number of ether oxygens (including phenoxy) is 1. The van der Waals surface area contributed by atoms with Crippen LogP contribution in [0.2, 0.25) is 0 Å². The molecule has 0 aliphatic heterocycles. The van der Waals surface area contributed by atoms with Crippen LogP contribution >= 0.6 is 11.3 Å². The van der Waals surface area contributed by atoms with E-state index in [0.29, 0.717) is 6.10 Å². The number of imidazole rings is 1. The number of nitrogens with zero attached hydrogens (tertiary/aromatic N) is 2. The summed E-state index contributed by atoms with van der Waals surface area (Å²) < 4.78 is 8.00. The molecule has 3 nitrogen and oxygen atoms in total. The molecule has 0 saturated heterocycles. The van der Waals surface area contributed by atoms with E-state index in [1.165, 1.54) is 37.0 Å². The number of hydrogen-bond acceptors (Lipinski definition) is 3. The van der Waals surface area contributed by atoms with Crippen LogP contribution < -0.4 is 0 Å². The van der Waals surface area contributed by atoms with Crippen molar-refractivity contribution in [3.05, 3.63) is 23.5 Å². The van der Waals surface area contributed by atoms with Gasteiger partial charge in [0.25, 0.3) is 0 Å². The molecule has 1 fully saturated rings. The molecule has 16 heavy (non-hydrogen) atoms. The molecule has 2 aromatic heterocycles. The summed E-state index contributed by atoms with van der Waals surface area (Å²) >= 11 is 1.72. The third-order valence-corrected chi connectivity index (χ3v) is 4.14. The standard InChI is InChI=1S/C12H16N2OS/c1-2-4-10(5-3-1)15-9-11-8-14-7-6-13-12(14)16-11/h6-8,10H,1-5,9H2. The summed E-state index contributed by atoms with van der Waals surface area (Å²) in [5.74, 6) is 0. The number of thiazole rings is 1. The van der Waals surface area contributed by atoms with E-state index in [4.69, 9.17) is 4.74 Å². The first-order valence-corrected chi connectivity index (χ1v) is 6.76. The molecule has 0 amide bonds. The number of aromatic nitrogens is 2. The van der Waals surface area contributed by atoms with E-state index in [0.717, 1.165) is 11.6 Å². The smallest absolute Gasteiger partial charge is 0.193 e. The van der Waals surface area contributed by atoms with Crippen molar-refractivity contribution in [3.8, 4) is 0 Å². The maximum Gasteiger partial charge on any atom is 0.193 e. The Bertz CT molecular complexity index is 428. The van der Waals surface area contributed by atoms with Crippen LogP contribution in [0.4, 0.5) is 0 Å². The van der Waals surface area contributed by atoms with Crippen molar-refractivity contribution < 1.29 is 4.74 Å². The van der Waals surface area contributed by atoms with Gasteiger partial charge in [-0.2, -0.15) is 0 Å². The Kier molecular flexibility index (Phi) is 2.93. The molecule has 2 heterocycles. The van der Waals surface area contributed by atoms with Gasteiger partial charge in [0.2, 0.25) is 0 Å². The minimum atomic E-state index is 0.489. The fraction of sp³-hybridized carbons (Fsp3) is 0.583. The number of fused-ring (bicyclic) bond motifs is 1. The molecule has 0 bridgehead atoms. The first kappa shape index (κ1) is 10.3. The lowest BCUT2D eigenvalue weighted by molar-refractivity contribution is 0.0181. The molecule has 3 rings (SSSR count). The monoisotopic (exact) mass is 236 g/mol. The van der Waals surface area contributed by atoms with E-state index < -0.39 is 0 Å². The Morgan fingerprint density at radius 1 is 1.38 bits per heavy atom. The van der Waals surface area contributed by atoms with Crippen LogP contribution in [0.3, 0.4) is 0 Å². The molecule has 0 aromatic carbocycles. The number of rotatable bonds is 3. The van der Waals surface area contributed by atoms with Gasteiger partial charge in [-0.25, -0.2) is 4.98 Å². The van der Waals surface area contributed by atoms with Crippen LogP contribution in [-0.4, -0.2) is 15.5 Å². The topological polar surface area (TPSA) is 26.5 Å². The minimum absolute atomic E-state index is 0.489. The molecule has 1 aliphatic rings. The summed E-state index contributed by atoms with van der Waals surface area (Å²) in [5.41, 5.74) is 0. The summed E-state index contributed by atoms with van der Waals surface area (Å²) in [7, 11) is 0. The molecule has 1 aliphatic carbocycles. The van der Waals surface area contributed by atoms with Crippen LogP contribution in [0.25, 0.3) is 4.96 Å². The fourth-order valence-electron chi connectivity index (χ4n) is 2.27. The molecule has 4 heteroatoms. The predicted octanol–water partition coefficient (Wildman–Crippen LogP) is 3.25. The number of hydrogen-bond donors (Lipinski definition) is 0. The van der Waals surface area contributed by atoms with Gasteiger partial charge in [-0.15, -0.1) is 0 Å². The van der Waals surface area contributed by atoms with E-state index in [-0.39, 0.29) is 0 Å². The lowest BCUT2D eigenvalue weighted by Crippen LogP contribution is -2.15. The Labute approximate surface area is 99.1 Å². The van der Waals surface area contributed by atoms with Crippen LogP contribution in [0, 0.1) is 0 Å². The average molecular weight is 236 g/mol. The fourth-order valence-corrected chi connectivity index (χ4v) is 3.13. The predicted molar refractivity (Wildman–Crippen MR) is 64.7 cm³/mol. The summed E-state index contributed by atoms with van der Waals surface area (Å²) in [6.45, 7) is 0.749. The van der Waals surface area contributed by atoms with Crippen LogP contribution in [-0.2, 0) is 11.3 Å². The van der Waals surface area contributed by atoms with E-state index >= 15 is 0 Å². The van der Waals surface area contributed by atoms with Crippen molar-refractivity contribution >= 4 is 16.3 Å². The van der Waals surface area contributed by atoms with Crippen molar-refractivity contribution in [2.24, 2.45) is 0 Å². The highest BCUT2D eigenvalue weighted by Gasteiger charge is 2.14. The van der Waals surface area contributed by atoms with E-state index in [2.05, 4.69) is 15.6 Å². The van der Waals surface area contributed by atoms with Gasteiger partial charge in [-0.3, -0.25) is 4.40 Å². The Balaban J connectivity index is 1.59. The second-order valence-electron chi connectivity index (χ2n) is 4.39. The zero-order valence-corrected chi connectivity index (χ0v) is 10.1. The second kappa shape index (κ2) is 4.55. The van der Waals surface area contributed by atoms with Gasteiger partial charge >= 0.3 is 0 Å². The van der Waals surface area contributed by atoms with Crippen molar-refractivity contribution in [2.75, 3.05) is 0 Å². The van der Waals surface area contributed by atoms with Gasteiger partial charge in [0.1, 0.15) is 0 Å². The van der Waals surface area contributed by atoms with Gasteiger partial charge in [0, 0.05) is 18.6 Å². The molecule has 0 spiro atoms. The van der Waals surface area contributed by atoms with Crippen LogP contribution in [0.5, 0.6) is 0 Å². The lowest BCUT2D eigenvalue weighted by Gasteiger charge is -2.21. The third-order valence-electron chi connectivity index (χ3n) is 3.15. The maximum absolute atomic E-state index is 5.94. The SMILES string of the molecule is c1cn2cc(COC3CCCCC3)sc2n1. The van der Waals surface area contributed by atoms with Crippen LogP contribution in [0.1, 0.15) is 37.0 Å². The summed E-state index contributed by atoms with van der Waals surface area (Å²) in [6.07, 6.45) is 12.9. The average Bonchev–Trinajstić information content (AvgIpc) is 2.88. The van der Waals surface area contributed by atoms with Crippen molar-refractivity contribution in [3.63, 3.8) is 0 Å². The summed E-state index contributed by atoms with van der Waals surface area (Å²) in [5, 5.41) is 0. The molecule has 2 aromatic rings. The normalized spacial score (nSPS) is 18.2. The van der Waals surface area contributed by atoms with Gasteiger partial charge in [-0.1, -0.05) is 30.6 Å². The van der Waals surface area contributed by atoms with Gasteiger partial charge < -0.3 is 4.74 Å². The third kappa shape index (κ3) is 2.13. The molecule has 0 radical (unpaired) electrons. The van der Waals surface area contributed by atoms with Crippen molar-refractivity contribution in [1.29, 1.82) is 0 Å². The van der Waals surface area contributed by atoms with Gasteiger partial charge in [-0.05, 0) is 12.8 Å². The van der Waals surface area contributed by atoms with Crippen LogP contribution in [0.15, 0.2) is 18.6 Å². The Morgan fingerprint density at radius 2 is 2.25 bits per heavy atom. The molecule has 1 saturated carbocycles. The largest absolute Gasteiger partial charge is 0.373 e.